The molecule has 0 aromatic heterocycles. The van der Waals surface area contributed by atoms with Gasteiger partial charge in [-0.25, -0.2) is 8.78 Å². The lowest BCUT2D eigenvalue weighted by Gasteiger charge is -2.44. The highest BCUT2D eigenvalue weighted by molar-refractivity contribution is 7.98. The van der Waals surface area contributed by atoms with Gasteiger partial charge in [0.15, 0.2) is 0 Å². The molecule has 1 saturated carbocycles. The third kappa shape index (κ3) is 6.85. The van der Waals surface area contributed by atoms with Crippen molar-refractivity contribution in [2.45, 2.75) is 84.2 Å². The van der Waals surface area contributed by atoms with Crippen LogP contribution in [0.15, 0.2) is 65.5 Å². The quantitative estimate of drug-likeness (QED) is 0.236. The molecule has 0 bridgehead atoms. The van der Waals surface area contributed by atoms with Crippen molar-refractivity contribution in [2.24, 2.45) is 0 Å². The van der Waals surface area contributed by atoms with Crippen LogP contribution in [0.25, 0.3) is 11.1 Å². The second kappa shape index (κ2) is 13.6. The highest BCUT2D eigenvalue weighted by Gasteiger charge is 2.33. The minimum absolute atomic E-state index is 0.211. The second-order valence-corrected chi connectivity index (χ2v) is 13.1. The van der Waals surface area contributed by atoms with Crippen LogP contribution in [0, 0.1) is 24.0 Å². The largest absolute Gasteiger partial charge is 0.358 e. The van der Waals surface area contributed by atoms with Gasteiger partial charge in [0.2, 0.25) is 0 Å². The summed E-state index contributed by atoms with van der Waals surface area (Å²) in [6.07, 6.45) is 10.6. The normalized spacial score (nSPS) is 17.8. The minimum Gasteiger partial charge on any atom is -0.358 e. The number of hydrogen-bond donors (Lipinski definition) is 1. The van der Waals surface area contributed by atoms with Crippen LogP contribution in [0.3, 0.4) is 0 Å². The molecule has 2 aromatic carbocycles. The summed E-state index contributed by atoms with van der Waals surface area (Å²) in [6.45, 7) is 12.5. The Morgan fingerprint density at radius 2 is 1.86 bits per heavy atom. The molecule has 1 heterocycles. The highest BCUT2D eigenvalue weighted by Crippen LogP contribution is 2.46. The summed E-state index contributed by atoms with van der Waals surface area (Å²) in [5, 5.41) is 8.66. The van der Waals surface area contributed by atoms with Crippen molar-refractivity contribution < 1.29 is 8.78 Å². The molecule has 1 fully saturated rings. The van der Waals surface area contributed by atoms with Crippen molar-refractivity contribution in [1.82, 2.24) is 9.80 Å². The molecule has 1 aliphatic carbocycles. The molecule has 0 saturated heterocycles. The molecule has 226 valence electrons. The summed E-state index contributed by atoms with van der Waals surface area (Å²) >= 11 is 1.83. The number of thioether (sulfide) groups is 1. The predicted octanol–water partition coefficient (Wildman–Crippen LogP) is 9.28. The number of nitrogens with zero attached hydrogens (tertiary/aromatic N) is 2. The molecule has 0 amide bonds. The van der Waals surface area contributed by atoms with Crippen molar-refractivity contribution in [1.29, 1.82) is 5.41 Å². The Morgan fingerprint density at radius 3 is 2.43 bits per heavy atom. The minimum atomic E-state index is -0.546. The van der Waals surface area contributed by atoms with Gasteiger partial charge in [0.1, 0.15) is 17.5 Å². The molecule has 0 spiro atoms. The van der Waals surface area contributed by atoms with Crippen LogP contribution in [0.5, 0.6) is 0 Å². The Kier molecular flexibility index (Phi) is 10.4. The molecule has 42 heavy (non-hydrogen) atoms. The molecule has 2 unspecified atom stereocenters. The lowest BCUT2D eigenvalue weighted by atomic mass is 9.89. The van der Waals surface area contributed by atoms with Gasteiger partial charge in [-0.2, -0.15) is 11.8 Å². The van der Waals surface area contributed by atoms with E-state index in [0.29, 0.717) is 23.2 Å². The molecule has 1 N–H and O–H groups in total. The molecule has 2 atom stereocenters. The zero-order valence-corrected chi connectivity index (χ0v) is 27.2. The Morgan fingerprint density at radius 1 is 1.14 bits per heavy atom. The first-order chi connectivity index (χ1) is 20.0. The van der Waals surface area contributed by atoms with E-state index in [0.717, 1.165) is 78.4 Å². The van der Waals surface area contributed by atoms with Gasteiger partial charge in [-0.1, -0.05) is 37.6 Å². The van der Waals surface area contributed by atoms with E-state index in [4.69, 9.17) is 5.41 Å². The molecule has 1 aliphatic heterocycles. The number of aryl methyl sites for hydroxylation is 2. The number of likely N-dealkylation sites (N-methyl/N-ethyl adjacent to an activating group) is 1. The van der Waals surface area contributed by atoms with Crippen molar-refractivity contribution in [2.75, 3.05) is 26.1 Å². The van der Waals surface area contributed by atoms with E-state index in [1.807, 2.05) is 18.7 Å². The first-order valence-corrected chi connectivity index (χ1v) is 16.6. The van der Waals surface area contributed by atoms with Crippen LogP contribution in [-0.2, 0) is 6.42 Å². The van der Waals surface area contributed by atoms with E-state index in [1.165, 1.54) is 22.8 Å². The molecule has 2 aromatic rings. The number of hydrogen-bond acceptors (Lipinski definition) is 4. The monoisotopic (exact) mass is 591 g/mol. The van der Waals surface area contributed by atoms with Crippen LogP contribution in [0.4, 0.5) is 8.78 Å². The predicted molar refractivity (Wildman–Crippen MR) is 177 cm³/mol. The van der Waals surface area contributed by atoms with Gasteiger partial charge < -0.3 is 15.2 Å². The average Bonchev–Trinajstić information content (AvgIpc) is 3.77. The summed E-state index contributed by atoms with van der Waals surface area (Å²) in [7, 11) is 4.35. The van der Waals surface area contributed by atoms with E-state index < -0.39 is 11.6 Å². The Bertz CT molecular complexity index is 1400. The van der Waals surface area contributed by atoms with Gasteiger partial charge in [-0.05, 0) is 111 Å². The highest BCUT2D eigenvalue weighted by atomic mass is 32.2. The maximum atomic E-state index is 14.8. The van der Waals surface area contributed by atoms with Gasteiger partial charge >= 0.3 is 0 Å². The summed E-state index contributed by atoms with van der Waals surface area (Å²) in [6, 6.07) is 8.83. The van der Waals surface area contributed by atoms with Crippen LogP contribution < -0.4 is 0 Å². The van der Waals surface area contributed by atoms with Gasteiger partial charge in [0.25, 0.3) is 0 Å². The number of halogens is 2. The first-order valence-electron chi connectivity index (χ1n) is 15.2. The number of nitrogens with one attached hydrogen (secondary N) is 1. The van der Waals surface area contributed by atoms with Crippen LogP contribution in [-0.4, -0.2) is 53.7 Å². The van der Waals surface area contributed by atoms with Crippen LogP contribution >= 0.6 is 11.8 Å². The Balaban J connectivity index is 1.66. The van der Waals surface area contributed by atoms with Crippen molar-refractivity contribution >= 4 is 17.5 Å². The molecule has 3 nitrogen and oxygen atoms in total. The summed E-state index contributed by atoms with van der Waals surface area (Å²) < 4.78 is 28.5. The van der Waals surface area contributed by atoms with Crippen LogP contribution in [0.2, 0.25) is 0 Å². The fraction of sp³-hybridized carbons (Fsp3) is 0.472. The van der Waals surface area contributed by atoms with Gasteiger partial charge in [0.05, 0.1) is 6.04 Å². The van der Waals surface area contributed by atoms with E-state index in [1.54, 1.807) is 6.07 Å². The van der Waals surface area contributed by atoms with Crippen molar-refractivity contribution in [3.63, 3.8) is 0 Å². The topological polar surface area (TPSA) is 30.3 Å². The summed E-state index contributed by atoms with van der Waals surface area (Å²) in [4.78, 5) is 4.77. The fourth-order valence-corrected chi connectivity index (χ4v) is 7.14. The average molecular weight is 592 g/mol. The number of benzene rings is 2. The third-order valence-electron chi connectivity index (χ3n) is 8.92. The standard InChI is InChI=1S/C36H47F2N3S/c1-9-10-28(40(6)36-31(24(5)39)20-30(22(2)3)35(21-42-8)41(36)7)15-13-26-18-32(25-11-12-25)33(17-23(26)4)29-16-14-27(37)19-34(29)38/h14,16-20,25,28,35,39H,2,9-13,15,21H2,1,3-8H3. The third-order valence-corrected chi connectivity index (χ3v) is 9.57. The van der Waals surface area contributed by atoms with E-state index in [9.17, 15) is 8.78 Å². The molecule has 2 aliphatic rings. The van der Waals surface area contributed by atoms with Crippen molar-refractivity contribution in [3.8, 4) is 11.1 Å². The van der Waals surface area contributed by atoms with Crippen molar-refractivity contribution in [3.05, 3.63) is 93.9 Å². The molecule has 0 radical (unpaired) electrons. The summed E-state index contributed by atoms with van der Waals surface area (Å²) in [5.74, 6) is 1.47. The van der Waals surface area contributed by atoms with Gasteiger partial charge in [0, 0.05) is 48.8 Å². The SMILES string of the molecule is C=C(C)C1=CC(C(C)=N)=C(N(C)C(CCC)CCc2cc(C3CC3)c(-c3ccc(F)cc3F)cc2C)N(C)C1CSC. The second-order valence-electron chi connectivity index (χ2n) is 12.2. The number of allylic oxidation sites excluding steroid dienone is 2. The zero-order chi connectivity index (χ0) is 30.7. The molecular formula is C36H47F2N3S. The molecule has 4 rings (SSSR count). The zero-order valence-electron chi connectivity index (χ0n) is 26.4. The fourth-order valence-electron chi connectivity index (χ4n) is 6.42. The summed E-state index contributed by atoms with van der Waals surface area (Å²) in [5.41, 5.74) is 8.82. The smallest absolute Gasteiger partial charge is 0.133 e. The number of rotatable bonds is 13. The van der Waals surface area contributed by atoms with Gasteiger partial charge in [-0.15, -0.1) is 0 Å². The van der Waals surface area contributed by atoms with E-state index >= 15 is 0 Å². The lowest BCUT2D eigenvalue weighted by molar-refractivity contribution is 0.179. The Labute approximate surface area is 256 Å². The lowest BCUT2D eigenvalue weighted by Crippen LogP contribution is -2.47. The molecule has 6 heteroatoms. The Hall–Kier alpha value is -2.86. The van der Waals surface area contributed by atoms with E-state index in [-0.39, 0.29) is 6.04 Å². The van der Waals surface area contributed by atoms with E-state index in [2.05, 4.69) is 75.7 Å². The first kappa shape index (κ1) is 32.1. The van der Waals surface area contributed by atoms with Crippen LogP contribution in [0.1, 0.15) is 75.5 Å². The molecular weight excluding hydrogens is 544 g/mol. The maximum Gasteiger partial charge on any atom is 0.133 e. The van der Waals surface area contributed by atoms with Gasteiger partial charge in [-0.3, -0.25) is 0 Å². The maximum absolute atomic E-state index is 14.8.